The molecular weight excluding hydrogens is 268 g/mol. The molecule has 2 N–H and O–H groups in total. The van der Waals surface area contributed by atoms with Gasteiger partial charge in [0.25, 0.3) is 11.5 Å². The number of hydrogen-bond acceptors (Lipinski definition) is 3. The minimum atomic E-state index is -0.428. The van der Waals surface area contributed by atoms with Gasteiger partial charge in [0.05, 0.1) is 11.6 Å². The van der Waals surface area contributed by atoms with Crippen molar-refractivity contribution < 1.29 is 9.53 Å². The Kier molecular flexibility index (Phi) is 4.61. The molecule has 0 aromatic carbocycles. The number of halogens is 1. The average Bonchev–Trinajstić information content (AvgIpc) is 2.80. The van der Waals surface area contributed by atoms with E-state index >= 15 is 0 Å². The number of carbonyl (C=O) groups is 1. The lowest BCUT2D eigenvalue weighted by molar-refractivity contribution is 0.0897. The summed E-state index contributed by atoms with van der Waals surface area (Å²) in [7, 11) is 1.65. The van der Waals surface area contributed by atoms with Crippen LogP contribution in [0.3, 0.4) is 0 Å². The highest BCUT2D eigenvalue weighted by molar-refractivity contribution is 6.30. The van der Waals surface area contributed by atoms with Crippen molar-refractivity contribution >= 4 is 17.5 Å². The maximum Gasteiger partial charge on any atom is 0.260 e. The van der Waals surface area contributed by atoms with E-state index in [1.165, 1.54) is 12.3 Å². The van der Waals surface area contributed by atoms with E-state index < -0.39 is 5.56 Å². The van der Waals surface area contributed by atoms with Crippen LogP contribution in [0.4, 0.5) is 0 Å². The van der Waals surface area contributed by atoms with Crippen LogP contribution in [0.5, 0.6) is 0 Å². The molecular formula is C13H17ClN2O3. The molecule has 0 unspecified atom stereocenters. The topological polar surface area (TPSA) is 71.2 Å². The van der Waals surface area contributed by atoms with Crippen LogP contribution in [-0.4, -0.2) is 30.6 Å². The third-order valence-electron chi connectivity index (χ3n) is 3.47. The Hall–Kier alpha value is -1.33. The zero-order valence-electron chi connectivity index (χ0n) is 10.7. The van der Waals surface area contributed by atoms with E-state index in [1.807, 2.05) is 0 Å². The van der Waals surface area contributed by atoms with E-state index in [2.05, 4.69) is 10.3 Å². The monoisotopic (exact) mass is 284 g/mol. The number of nitrogens with one attached hydrogen (secondary N) is 2. The first-order chi connectivity index (χ1) is 9.11. The highest BCUT2D eigenvalue weighted by Gasteiger charge is 2.29. The lowest BCUT2D eigenvalue weighted by Crippen LogP contribution is -2.40. The minimum absolute atomic E-state index is 0.0515. The van der Waals surface area contributed by atoms with Gasteiger partial charge in [0.1, 0.15) is 5.56 Å². The van der Waals surface area contributed by atoms with E-state index in [1.54, 1.807) is 7.11 Å². The van der Waals surface area contributed by atoms with Crippen LogP contribution in [0.1, 0.15) is 29.6 Å². The number of H-pyrrole nitrogens is 1. The molecule has 1 fully saturated rings. The molecule has 1 aliphatic carbocycles. The van der Waals surface area contributed by atoms with Crippen molar-refractivity contribution in [3.8, 4) is 0 Å². The summed E-state index contributed by atoms with van der Waals surface area (Å²) in [5, 5.41) is 3.24. The van der Waals surface area contributed by atoms with Gasteiger partial charge in [-0.1, -0.05) is 18.0 Å². The zero-order chi connectivity index (χ0) is 13.8. The third kappa shape index (κ3) is 3.36. The van der Waals surface area contributed by atoms with Gasteiger partial charge < -0.3 is 15.0 Å². The second-order valence-electron chi connectivity index (χ2n) is 4.79. The second kappa shape index (κ2) is 6.21. The Bertz CT molecular complexity index is 515. The largest absolute Gasteiger partial charge is 0.384 e. The first-order valence-corrected chi connectivity index (χ1v) is 6.67. The van der Waals surface area contributed by atoms with Crippen LogP contribution in [0, 0.1) is 5.92 Å². The maximum absolute atomic E-state index is 12.1. The van der Waals surface area contributed by atoms with Crippen molar-refractivity contribution in [3.05, 3.63) is 33.2 Å². The van der Waals surface area contributed by atoms with Crippen LogP contribution >= 0.6 is 11.6 Å². The molecule has 1 aromatic rings. The van der Waals surface area contributed by atoms with Crippen molar-refractivity contribution in [1.29, 1.82) is 0 Å². The molecule has 0 spiro atoms. The standard InChI is InChI=1S/C13H17ClN2O3/c1-19-7-8-3-2-4-11(8)16-13(18)10-5-9(14)6-15-12(10)17/h5-6,8,11H,2-4,7H2,1H3,(H,15,17)(H,16,18)/t8-,11-/m1/s1. The minimum Gasteiger partial charge on any atom is -0.384 e. The van der Waals surface area contributed by atoms with Gasteiger partial charge in [0.15, 0.2) is 0 Å². The normalized spacial score (nSPS) is 22.4. The van der Waals surface area contributed by atoms with Gasteiger partial charge in [0.2, 0.25) is 0 Å². The molecule has 19 heavy (non-hydrogen) atoms. The maximum atomic E-state index is 12.1. The molecule has 0 saturated heterocycles. The van der Waals surface area contributed by atoms with Crippen LogP contribution in [-0.2, 0) is 4.74 Å². The number of carbonyl (C=O) groups excluding carboxylic acids is 1. The van der Waals surface area contributed by atoms with Crippen molar-refractivity contribution in [1.82, 2.24) is 10.3 Å². The quantitative estimate of drug-likeness (QED) is 0.882. The van der Waals surface area contributed by atoms with Crippen LogP contribution < -0.4 is 10.9 Å². The van der Waals surface area contributed by atoms with Gasteiger partial charge in [-0.25, -0.2) is 0 Å². The van der Waals surface area contributed by atoms with Crippen molar-refractivity contribution in [2.75, 3.05) is 13.7 Å². The van der Waals surface area contributed by atoms with E-state index in [9.17, 15) is 9.59 Å². The number of aromatic amines is 1. The number of hydrogen-bond donors (Lipinski definition) is 2. The summed E-state index contributed by atoms with van der Waals surface area (Å²) in [4.78, 5) is 26.1. The molecule has 2 rings (SSSR count). The van der Waals surface area contributed by atoms with Crippen LogP contribution in [0.2, 0.25) is 5.02 Å². The van der Waals surface area contributed by atoms with E-state index in [0.717, 1.165) is 19.3 Å². The first-order valence-electron chi connectivity index (χ1n) is 6.30. The van der Waals surface area contributed by atoms with Gasteiger partial charge >= 0.3 is 0 Å². The summed E-state index contributed by atoms with van der Waals surface area (Å²) in [5.74, 6) is -0.0658. The fourth-order valence-corrected chi connectivity index (χ4v) is 2.68. The summed E-state index contributed by atoms with van der Waals surface area (Å²) in [6, 6.07) is 1.45. The Morgan fingerprint density at radius 3 is 3.11 bits per heavy atom. The van der Waals surface area contributed by atoms with E-state index in [4.69, 9.17) is 16.3 Å². The predicted octanol–water partition coefficient (Wildman–Crippen LogP) is 1.57. The Morgan fingerprint density at radius 2 is 2.37 bits per heavy atom. The molecule has 1 aromatic heterocycles. The summed E-state index contributed by atoms with van der Waals surface area (Å²) >= 11 is 5.79. The zero-order valence-corrected chi connectivity index (χ0v) is 11.5. The number of methoxy groups -OCH3 is 1. The third-order valence-corrected chi connectivity index (χ3v) is 3.69. The molecule has 5 nitrogen and oxygen atoms in total. The SMILES string of the molecule is COC[C@H]1CCC[C@H]1NC(=O)c1cc(Cl)c[nH]c1=O. The fourth-order valence-electron chi connectivity index (χ4n) is 2.51. The number of rotatable bonds is 4. The molecule has 1 heterocycles. The second-order valence-corrected chi connectivity index (χ2v) is 5.22. The first kappa shape index (κ1) is 14.1. The highest BCUT2D eigenvalue weighted by atomic mass is 35.5. The van der Waals surface area contributed by atoms with Crippen LogP contribution in [0.15, 0.2) is 17.1 Å². The number of pyridine rings is 1. The van der Waals surface area contributed by atoms with Gasteiger partial charge in [-0.15, -0.1) is 0 Å². The van der Waals surface area contributed by atoms with Crippen LogP contribution in [0.25, 0.3) is 0 Å². The molecule has 2 atom stereocenters. The lowest BCUT2D eigenvalue weighted by Gasteiger charge is -2.20. The number of aromatic nitrogens is 1. The molecule has 1 saturated carbocycles. The Balaban J connectivity index is 2.08. The molecule has 0 radical (unpaired) electrons. The summed E-state index contributed by atoms with van der Waals surface area (Å²) in [5.41, 5.74) is -0.376. The fraction of sp³-hybridized carbons (Fsp3) is 0.538. The van der Waals surface area contributed by atoms with E-state index in [0.29, 0.717) is 17.5 Å². The van der Waals surface area contributed by atoms with Gasteiger partial charge in [-0.2, -0.15) is 0 Å². The summed E-state index contributed by atoms with van der Waals surface area (Å²) in [6.45, 7) is 0.622. The highest BCUT2D eigenvalue weighted by Crippen LogP contribution is 2.26. The Labute approximate surface area is 116 Å². The van der Waals surface area contributed by atoms with Crippen molar-refractivity contribution in [3.63, 3.8) is 0 Å². The van der Waals surface area contributed by atoms with E-state index in [-0.39, 0.29) is 17.5 Å². The lowest BCUT2D eigenvalue weighted by atomic mass is 10.0. The molecule has 0 bridgehead atoms. The molecule has 0 aliphatic heterocycles. The summed E-state index contributed by atoms with van der Waals surface area (Å²) in [6.07, 6.45) is 4.37. The smallest absolute Gasteiger partial charge is 0.260 e. The molecule has 1 aliphatic rings. The van der Waals surface area contributed by atoms with Gasteiger partial charge in [-0.3, -0.25) is 9.59 Å². The molecule has 104 valence electrons. The average molecular weight is 285 g/mol. The van der Waals surface area contributed by atoms with Crippen molar-refractivity contribution in [2.24, 2.45) is 5.92 Å². The van der Waals surface area contributed by atoms with Crippen molar-refractivity contribution in [2.45, 2.75) is 25.3 Å². The molecule has 6 heteroatoms. The number of ether oxygens (including phenoxy) is 1. The Morgan fingerprint density at radius 1 is 1.58 bits per heavy atom. The number of amides is 1. The summed E-state index contributed by atoms with van der Waals surface area (Å²) < 4.78 is 5.15. The predicted molar refractivity (Wildman–Crippen MR) is 72.5 cm³/mol. The molecule has 1 amide bonds. The van der Waals surface area contributed by atoms with Gasteiger partial charge in [0, 0.05) is 25.3 Å². The van der Waals surface area contributed by atoms with Gasteiger partial charge in [-0.05, 0) is 18.9 Å².